The number of halogens is 2. The third-order valence-corrected chi connectivity index (χ3v) is 2.86. The Morgan fingerprint density at radius 2 is 1.94 bits per heavy atom. The Hall–Kier alpha value is -1.98. The second-order valence-corrected chi connectivity index (χ2v) is 4.04. The van der Waals surface area contributed by atoms with Crippen molar-refractivity contribution in [3.8, 4) is 0 Å². The Morgan fingerprint density at radius 3 is 2.47 bits per heavy atom. The quantitative estimate of drug-likeness (QED) is 0.753. The second-order valence-electron chi connectivity index (χ2n) is 4.04. The molecule has 1 aromatic carbocycles. The van der Waals surface area contributed by atoms with Gasteiger partial charge in [0, 0.05) is 12.6 Å². The van der Waals surface area contributed by atoms with Gasteiger partial charge in [0.2, 0.25) is 0 Å². The van der Waals surface area contributed by atoms with E-state index in [0.29, 0.717) is 0 Å². The first kappa shape index (κ1) is 11.5. The summed E-state index contributed by atoms with van der Waals surface area (Å²) in [5, 5.41) is 2.34. The monoisotopic (exact) mass is 240 g/mol. The summed E-state index contributed by atoms with van der Waals surface area (Å²) in [6, 6.07) is 2.15. The molecule has 0 radical (unpaired) electrons. The number of carbonyl (C=O) groups excluding carboxylic acids is 2. The van der Waals surface area contributed by atoms with E-state index in [0.717, 1.165) is 23.1 Å². The largest absolute Gasteiger partial charge is 0.325 e. The van der Waals surface area contributed by atoms with Crippen molar-refractivity contribution in [2.75, 3.05) is 7.05 Å². The fourth-order valence-electron chi connectivity index (χ4n) is 1.84. The lowest BCUT2D eigenvalue weighted by Gasteiger charge is -2.22. The van der Waals surface area contributed by atoms with Crippen LogP contribution < -0.4 is 5.32 Å². The van der Waals surface area contributed by atoms with E-state index in [-0.39, 0.29) is 5.56 Å². The topological polar surface area (TPSA) is 49.4 Å². The fraction of sp³-hybridized carbons (Fsp3) is 0.273. The van der Waals surface area contributed by atoms with Crippen LogP contribution in [0.5, 0.6) is 0 Å². The molecule has 0 aromatic heterocycles. The van der Waals surface area contributed by atoms with Gasteiger partial charge in [-0.05, 0) is 25.1 Å². The van der Waals surface area contributed by atoms with Gasteiger partial charge in [-0.2, -0.15) is 0 Å². The zero-order valence-corrected chi connectivity index (χ0v) is 9.25. The number of amides is 3. The van der Waals surface area contributed by atoms with Crippen molar-refractivity contribution in [3.05, 3.63) is 35.4 Å². The molecular weight excluding hydrogens is 230 g/mol. The zero-order chi connectivity index (χ0) is 12.8. The summed E-state index contributed by atoms with van der Waals surface area (Å²) >= 11 is 0. The first-order chi connectivity index (χ1) is 7.86. The molecule has 90 valence electrons. The predicted octanol–water partition coefficient (Wildman–Crippen LogP) is 1.36. The van der Waals surface area contributed by atoms with E-state index in [1.807, 2.05) is 0 Å². The van der Waals surface area contributed by atoms with Crippen molar-refractivity contribution in [1.29, 1.82) is 0 Å². The van der Waals surface area contributed by atoms with Crippen molar-refractivity contribution in [3.63, 3.8) is 0 Å². The molecular formula is C11H10F2N2O2. The molecule has 0 spiro atoms. The molecule has 1 aliphatic heterocycles. The molecule has 1 heterocycles. The first-order valence-electron chi connectivity index (χ1n) is 4.92. The van der Waals surface area contributed by atoms with E-state index >= 15 is 0 Å². The number of urea groups is 1. The summed E-state index contributed by atoms with van der Waals surface area (Å²) in [5.74, 6) is -2.02. The Bertz CT molecular complexity index is 518. The minimum Gasteiger partial charge on any atom is -0.319 e. The summed E-state index contributed by atoms with van der Waals surface area (Å²) in [6.07, 6.45) is 0. The predicted molar refractivity (Wildman–Crippen MR) is 55.0 cm³/mol. The van der Waals surface area contributed by atoms with Gasteiger partial charge < -0.3 is 5.32 Å². The van der Waals surface area contributed by atoms with Crippen LogP contribution in [0.4, 0.5) is 13.6 Å². The van der Waals surface area contributed by atoms with E-state index in [4.69, 9.17) is 0 Å². The molecule has 1 N–H and O–H groups in total. The van der Waals surface area contributed by atoms with Crippen LogP contribution in [-0.2, 0) is 10.3 Å². The van der Waals surface area contributed by atoms with Crippen molar-refractivity contribution >= 4 is 11.9 Å². The average molecular weight is 240 g/mol. The third-order valence-electron chi connectivity index (χ3n) is 2.86. The molecule has 0 aliphatic carbocycles. The Kier molecular flexibility index (Phi) is 2.38. The number of benzene rings is 1. The molecule has 1 unspecified atom stereocenters. The third kappa shape index (κ3) is 1.56. The van der Waals surface area contributed by atoms with Gasteiger partial charge in [0.25, 0.3) is 5.91 Å². The van der Waals surface area contributed by atoms with Crippen LogP contribution in [0.2, 0.25) is 0 Å². The Morgan fingerprint density at radius 1 is 1.29 bits per heavy atom. The van der Waals surface area contributed by atoms with Gasteiger partial charge in [-0.15, -0.1) is 0 Å². The molecule has 0 saturated carbocycles. The number of hydrogen-bond acceptors (Lipinski definition) is 2. The van der Waals surface area contributed by atoms with E-state index < -0.39 is 29.1 Å². The van der Waals surface area contributed by atoms with E-state index in [1.165, 1.54) is 14.0 Å². The maximum absolute atomic E-state index is 13.6. The molecule has 2 rings (SSSR count). The molecule has 1 aliphatic rings. The molecule has 1 saturated heterocycles. The molecule has 6 heteroatoms. The molecule has 1 aromatic rings. The number of rotatable bonds is 1. The number of hydrogen-bond donors (Lipinski definition) is 1. The highest BCUT2D eigenvalue weighted by atomic mass is 19.1. The van der Waals surface area contributed by atoms with Gasteiger partial charge >= 0.3 is 6.03 Å². The van der Waals surface area contributed by atoms with Crippen molar-refractivity contribution in [2.45, 2.75) is 12.5 Å². The lowest BCUT2D eigenvalue weighted by Crippen LogP contribution is -2.41. The molecule has 0 bridgehead atoms. The molecule has 4 nitrogen and oxygen atoms in total. The highest BCUT2D eigenvalue weighted by Gasteiger charge is 2.48. The van der Waals surface area contributed by atoms with Crippen LogP contribution in [0.1, 0.15) is 12.5 Å². The van der Waals surface area contributed by atoms with Gasteiger partial charge in [0.1, 0.15) is 17.2 Å². The lowest BCUT2D eigenvalue weighted by molar-refractivity contribution is -0.130. The van der Waals surface area contributed by atoms with Crippen LogP contribution in [0, 0.1) is 11.6 Å². The normalized spacial score (nSPS) is 24.1. The van der Waals surface area contributed by atoms with Gasteiger partial charge in [0.05, 0.1) is 0 Å². The zero-order valence-electron chi connectivity index (χ0n) is 9.25. The maximum atomic E-state index is 13.6. The smallest absolute Gasteiger partial charge is 0.319 e. The second kappa shape index (κ2) is 3.51. The Balaban J connectivity index is 2.56. The summed E-state index contributed by atoms with van der Waals surface area (Å²) in [4.78, 5) is 24.0. The van der Waals surface area contributed by atoms with Gasteiger partial charge in [0.15, 0.2) is 0 Å². The minimum absolute atomic E-state index is 0.180. The van der Waals surface area contributed by atoms with E-state index in [9.17, 15) is 18.4 Å². The van der Waals surface area contributed by atoms with Crippen molar-refractivity contribution in [1.82, 2.24) is 10.2 Å². The van der Waals surface area contributed by atoms with Gasteiger partial charge in [-0.3, -0.25) is 9.69 Å². The number of nitrogens with one attached hydrogen (secondary N) is 1. The Labute approximate surface area is 96.2 Å². The first-order valence-corrected chi connectivity index (χ1v) is 4.92. The van der Waals surface area contributed by atoms with Crippen LogP contribution in [-0.4, -0.2) is 23.9 Å². The average Bonchev–Trinajstić information content (AvgIpc) is 2.47. The lowest BCUT2D eigenvalue weighted by atomic mass is 9.91. The SMILES string of the molecule is CN1C(=O)NC(C)(c2cc(F)ccc2F)C1=O. The van der Waals surface area contributed by atoms with Crippen LogP contribution in [0.25, 0.3) is 0 Å². The van der Waals surface area contributed by atoms with Crippen molar-refractivity contribution < 1.29 is 18.4 Å². The number of likely N-dealkylation sites (N-methyl/N-ethyl adjacent to an activating group) is 1. The minimum atomic E-state index is -1.56. The molecule has 3 amide bonds. The number of nitrogens with zero attached hydrogens (tertiary/aromatic N) is 1. The fourth-order valence-corrected chi connectivity index (χ4v) is 1.84. The standard InChI is InChI=1S/C11H10F2N2O2/c1-11(9(16)15(2)10(17)14-11)7-5-6(12)3-4-8(7)13/h3-5H,1-2H3,(H,14,17). The molecule has 17 heavy (non-hydrogen) atoms. The summed E-state index contributed by atoms with van der Waals surface area (Å²) in [5.41, 5.74) is -1.74. The molecule has 1 atom stereocenters. The van der Waals surface area contributed by atoms with E-state index in [1.54, 1.807) is 0 Å². The highest BCUT2D eigenvalue weighted by molar-refractivity contribution is 6.06. The molecule has 1 fully saturated rings. The van der Waals surface area contributed by atoms with Crippen LogP contribution in [0.3, 0.4) is 0 Å². The number of carbonyl (C=O) groups is 2. The highest BCUT2D eigenvalue weighted by Crippen LogP contribution is 2.30. The summed E-state index contributed by atoms with van der Waals surface area (Å²) in [6.45, 7) is 1.34. The van der Waals surface area contributed by atoms with Gasteiger partial charge in [-0.1, -0.05) is 0 Å². The van der Waals surface area contributed by atoms with E-state index in [2.05, 4.69) is 5.32 Å². The van der Waals surface area contributed by atoms with Crippen molar-refractivity contribution in [2.24, 2.45) is 0 Å². The van der Waals surface area contributed by atoms with Crippen LogP contribution in [0.15, 0.2) is 18.2 Å². The van der Waals surface area contributed by atoms with Gasteiger partial charge in [-0.25, -0.2) is 13.6 Å². The summed E-state index contributed by atoms with van der Waals surface area (Å²) in [7, 11) is 1.28. The summed E-state index contributed by atoms with van der Waals surface area (Å²) < 4.78 is 26.7. The number of imide groups is 1. The van der Waals surface area contributed by atoms with Crippen LogP contribution >= 0.6 is 0 Å². The maximum Gasteiger partial charge on any atom is 0.325 e.